The summed E-state index contributed by atoms with van der Waals surface area (Å²) in [4.78, 5) is 0. The van der Waals surface area contributed by atoms with Crippen LogP contribution in [0.15, 0.2) is 22.7 Å². The molecular weight excluding hydrogens is 194 g/mol. The van der Waals surface area contributed by atoms with E-state index in [1.54, 1.807) is 7.11 Å². The molecule has 2 N–H and O–H groups in total. The van der Waals surface area contributed by atoms with Gasteiger partial charge in [-0.2, -0.15) is 0 Å². The van der Waals surface area contributed by atoms with Gasteiger partial charge in [-0.25, -0.2) is 0 Å². The van der Waals surface area contributed by atoms with E-state index in [2.05, 4.69) is 15.9 Å². The van der Waals surface area contributed by atoms with Gasteiger partial charge in [0.2, 0.25) is 0 Å². The molecule has 0 saturated heterocycles. The smallest absolute Gasteiger partial charge is 0.142 e. The molecule has 1 rings (SSSR count). The molecule has 0 aromatic heterocycles. The van der Waals surface area contributed by atoms with Crippen LogP contribution < -0.4 is 10.5 Å². The number of hydrogen-bond donors (Lipinski definition) is 1. The van der Waals surface area contributed by atoms with Gasteiger partial charge >= 0.3 is 0 Å². The zero-order valence-corrected chi connectivity index (χ0v) is 7.18. The van der Waals surface area contributed by atoms with E-state index in [0.717, 1.165) is 4.47 Å². The first-order chi connectivity index (χ1) is 4.75. The third-order valence-corrected chi connectivity index (χ3v) is 1.92. The Morgan fingerprint density at radius 2 is 2.20 bits per heavy atom. The van der Waals surface area contributed by atoms with Crippen LogP contribution in [0, 0.1) is 0 Å². The number of hydrogen-bond acceptors (Lipinski definition) is 2. The minimum atomic E-state index is 0.644. The highest BCUT2D eigenvalue weighted by molar-refractivity contribution is 9.10. The number of methoxy groups -OCH3 is 1. The van der Waals surface area contributed by atoms with Crippen LogP contribution in [0.1, 0.15) is 0 Å². The Labute approximate surface area is 68.1 Å². The van der Waals surface area contributed by atoms with Gasteiger partial charge in [0.1, 0.15) is 5.75 Å². The zero-order valence-electron chi connectivity index (χ0n) is 5.60. The van der Waals surface area contributed by atoms with Gasteiger partial charge in [0.15, 0.2) is 0 Å². The summed E-state index contributed by atoms with van der Waals surface area (Å²) in [7, 11) is 1.60. The second kappa shape index (κ2) is 2.92. The number of halogens is 1. The highest BCUT2D eigenvalue weighted by atomic mass is 79.9. The average molecular weight is 202 g/mol. The number of nitrogen functional groups attached to an aromatic ring is 1. The molecule has 0 aliphatic heterocycles. The van der Waals surface area contributed by atoms with Crippen LogP contribution in [0.25, 0.3) is 0 Å². The normalized spacial score (nSPS) is 9.40. The fraction of sp³-hybridized carbons (Fsp3) is 0.143. The fourth-order valence-corrected chi connectivity index (χ4v) is 1.04. The molecule has 10 heavy (non-hydrogen) atoms. The Kier molecular flexibility index (Phi) is 2.17. The molecular formula is C7H8BrNO. The maximum Gasteiger partial charge on any atom is 0.142 e. The van der Waals surface area contributed by atoms with Gasteiger partial charge in [-0.05, 0) is 28.1 Å². The Bertz CT molecular complexity index is 237. The van der Waals surface area contributed by atoms with E-state index >= 15 is 0 Å². The first-order valence-corrected chi connectivity index (χ1v) is 3.63. The van der Waals surface area contributed by atoms with E-state index in [1.165, 1.54) is 0 Å². The van der Waals surface area contributed by atoms with E-state index in [4.69, 9.17) is 10.5 Å². The van der Waals surface area contributed by atoms with Gasteiger partial charge in [0, 0.05) is 4.47 Å². The largest absolute Gasteiger partial charge is 0.495 e. The van der Waals surface area contributed by atoms with E-state index in [-0.39, 0.29) is 0 Å². The Balaban J connectivity index is 3.14. The summed E-state index contributed by atoms with van der Waals surface area (Å²) in [6, 6.07) is 5.57. The molecule has 0 spiro atoms. The predicted octanol–water partition coefficient (Wildman–Crippen LogP) is 2.04. The quantitative estimate of drug-likeness (QED) is 0.707. The summed E-state index contributed by atoms with van der Waals surface area (Å²) in [5, 5.41) is 0. The van der Waals surface area contributed by atoms with Crippen LogP contribution in [-0.4, -0.2) is 7.11 Å². The van der Waals surface area contributed by atoms with Crippen LogP contribution >= 0.6 is 15.9 Å². The monoisotopic (exact) mass is 201 g/mol. The minimum absolute atomic E-state index is 0.644. The molecule has 1 aromatic rings. The van der Waals surface area contributed by atoms with Crippen molar-refractivity contribution in [2.45, 2.75) is 0 Å². The molecule has 0 atom stereocenters. The molecule has 54 valence electrons. The summed E-state index contributed by atoms with van der Waals surface area (Å²) in [6.45, 7) is 0. The Hall–Kier alpha value is -0.700. The second-order valence-corrected chi connectivity index (χ2v) is 2.71. The van der Waals surface area contributed by atoms with Crippen molar-refractivity contribution in [3.05, 3.63) is 22.7 Å². The highest BCUT2D eigenvalue weighted by Gasteiger charge is 1.99. The molecule has 0 bridgehead atoms. The number of benzene rings is 1. The van der Waals surface area contributed by atoms with Gasteiger partial charge in [-0.1, -0.05) is 6.07 Å². The standard InChI is InChI=1S/C7H8BrNO/c1-10-6-4-2-3-5(8)7(6)9/h2-4H,9H2,1H3. The lowest BCUT2D eigenvalue weighted by atomic mass is 10.3. The molecule has 0 amide bonds. The maximum absolute atomic E-state index is 5.62. The number of nitrogens with two attached hydrogens (primary N) is 1. The van der Waals surface area contributed by atoms with Gasteiger partial charge in [-0.15, -0.1) is 0 Å². The number of rotatable bonds is 1. The van der Waals surface area contributed by atoms with Crippen LogP contribution in [0.2, 0.25) is 0 Å². The number of para-hydroxylation sites is 1. The van der Waals surface area contributed by atoms with Crippen molar-refractivity contribution < 1.29 is 4.74 Å². The second-order valence-electron chi connectivity index (χ2n) is 1.86. The molecule has 0 unspecified atom stereocenters. The van der Waals surface area contributed by atoms with Crippen LogP contribution in [0.3, 0.4) is 0 Å². The zero-order chi connectivity index (χ0) is 7.56. The maximum atomic E-state index is 5.62. The van der Waals surface area contributed by atoms with Gasteiger partial charge < -0.3 is 10.5 Å². The number of ether oxygens (including phenoxy) is 1. The summed E-state index contributed by atoms with van der Waals surface area (Å²) in [6.07, 6.45) is 0. The lowest BCUT2D eigenvalue weighted by Crippen LogP contribution is -1.92. The minimum Gasteiger partial charge on any atom is -0.495 e. The molecule has 0 aliphatic carbocycles. The van der Waals surface area contributed by atoms with Crippen molar-refractivity contribution in [2.75, 3.05) is 12.8 Å². The summed E-state index contributed by atoms with van der Waals surface area (Å²) >= 11 is 3.28. The van der Waals surface area contributed by atoms with Crippen molar-refractivity contribution in [2.24, 2.45) is 0 Å². The lowest BCUT2D eigenvalue weighted by Gasteiger charge is -2.03. The molecule has 3 heteroatoms. The van der Waals surface area contributed by atoms with E-state index in [1.807, 2.05) is 18.2 Å². The average Bonchev–Trinajstić information content (AvgIpc) is 1.95. The summed E-state index contributed by atoms with van der Waals surface area (Å²) < 4.78 is 5.84. The molecule has 0 radical (unpaired) electrons. The Morgan fingerprint density at radius 1 is 1.50 bits per heavy atom. The van der Waals surface area contributed by atoms with Crippen molar-refractivity contribution >= 4 is 21.6 Å². The van der Waals surface area contributed by atoms with E-state index in [9.17, 15) is 0 Å². The predicted molar refractivity (Wildman–Crippen MR) is 45.1 cm³/mol. The molecule has 0 saturated carbocycles. The van der Waals surface area contributed by atoms with Gasteiger partial charge in [0.05, 0.1) is 12.8 Å². The number of anilines is 1. The van der Waals surface area contributed by atoms with Gasteiger partial charge in [-0.3, -0.25) is 0 Å². The third kappa shape index (κ3) is 1.24. The van der Waals surface area contributed by atoms with Crippen LogP contribution in [0.5, 0.6) is 5.75 Å². The van der Waals surface area contributed by atoms with Crippen LogP contribution in [-0.2, 0) is 0 Å². The SMILES string of the molecule is COc1cccc(Br)c1N. The molecule has 0 heterocycles. The van der Waals surface area contributed by atoms with Crippen LogP contribution in [0.4, 0.5) is 5.69 Å². The Morgan fingerprint density at radius 3 is 2.70 bits per heavy atom. The molecule has 2 nitrogen and oxygen atoms in total. The summed E-state index contributed by atoms with van der Waals surface area (Å²) in [5.41, 5.74) is 6.26. The molecule has 0 fully saturated rings. The van der Waals surface area contributed by atoms with Crippen molar-refractivity contribution in [1.82, 2.24) is 0 Å². The van der Waals surface area contributed by atoms with Crippen molar-refractivity contribution in [3.63, 3.8) is 0 Å². The first-order valence-electron chi connectivity index (χ1n) is 2.83. The third-order valence-electron chi connectivity index (χ3n) is 1.23. The van der Waals surface area contributed by atoms with E-state index in [0.29, 0.717) is 11.4 Å². The molecule has 1 aromatic carbocycles. The topological polar surface area (TPSA) is 35.2 Å². The molecule has 0 aliphatic rings. The summed E-state index contributed by atoms with van der Waals surface area (Å²) in [5.74, 6) is 0.703. The fourth-order valence-electron chi connectivity index (χ4n) is 0.695. The first kappa shape index (κ1) is 7.41. The van der Waals surface area contributed by atoms with E-state index < -0.39 is 0 Å². The lowest BCUT2D eigenvalue weighted by molar-refractivity contribution is 0.417. The van der Waals surface area contributed by atoms with Crippen molar-refractivity contribution in [3.8, 4) is 5.75 Å². The van der Waals surface area contributed by atoms with Gasteiger partial charge in [0.25, 0.3) is 0 Å². The van der Waals surface area contributed by atoms with Crippen molar-refractivity contribution in [1.29, 1.82) is 0 Å². The highest BCUT2D eigenvalue weighted by Crippen LogP contribution is 2.28.